The Balaban J connectivity index is 2.84. The second kappa shape index (κ2) is 10.1. The molecule has 0 N–H and O–H groups in total. The number of rotatable bonds is 7. The van der Waals surface area contributed by atoms with E-state index in [-0.39, 0.29) is 0 Å². The molecule has 0 aliphatic heterocycles. The molecule has 0 fully saturated rings. The number of aliphatic imine (C=N–C) groups is 1. The molecule has 0 aromatic carbocycles. The summed E-state index contributed by atoms with van der Waals surface area (Å²) in [5.74, 6) is 0. The Morgan fingerprint density at radius 1 is 1.09 bits per heavy atom. The molecule has 0 heterocycles. The first kappa shape index (κ1) is 11.1. The fraction of sp³-hybridized carbons (Fsp3) is 0.889. The predicted octanol–water partition coefficient (Wildman–Crippen LogP) is 2.42. The Kier molecular flexibility index (Phi) is 10.2. The number of nitrogens with zero attached hydrogens (tertiary/aromatic N) is 1. The van der Waals surface area contributed by atoms with Crippen LogP contribution in [0.3, 0.4) is 0 Å². The van der Waals surface area contributed by atoms with Crippen LogP contribution in [0, 0.1) is 0 Å². The Bertz CT molecular complexity index is 117. The van der Waals surface area contributed by atoms with Gasteiger partial charge in [-0.1, -0.05) is 0 Å². The van der Waals surface area contributed by atoms with Crippen LogP contribution >= 0.6 is 0 Å². The summed E-state index contributed by atoms with van der Waals surface area (Å²) < 4.78 is 2.67. The molecule has 2 heteroatoms. The fourth-order valence-corrected chi connectivity index (χ4v) is 1.21. The molecule has 64 valence electrons. The monoisotopic (exact) mass is 219 g/mol. The van der Waals surface area contributed by atoms with Crippen molar-refractivity contribution in [2.75, 3.05) is 6.54 Å². The van der Waals surface area contributed by atoms with E-state index in [2.05, 4.69) is 32.2 Å². The summed E-state index contributed by atoms with van der Waals surface area (Å²) in [6, 6.07) is 0. The molecule has 11 heavy (non-hydrogen) atoms. The zero-order valence-electron chi connectivity index (χ0n) is 7.31. The van der Waals surface area contributed by atoms with Crippen LogP contribution in [0.2, 0.25) is 0 Å². The Labute approximate surface area is 77.7 Å². The molecule has 0 aromatic heterocycles. The summed E-state index contributed by atoms with van der Waals surface area (Å²) in [7, 11) is 0. The van der Waals surface area contributed by atoms with E-state index < -0.39 is 0 Å². The number of hydrogen-bond acceptors (Lipinski definition) is 1. The van der Waals surface area contributed by atoms with Crippen LogP contribution < -0.4 is 0 Å². The van der Waals surface area contributed by atoms with Gasteiger partial charge in [0.25, 0.3) is 0 Å². The van der Waals surface area contributed by atoms with Crippen LogP contribution in [0.25, 0.3) is 0 Å². The molecule has 0 unspecified atom stereocenters. The quantitative estimate of drug-likeness (QED) is 0.353. The molecule has 0 saturated heterocycles. The Hall–Kier alpha value is 0.0995. The van der Waals surface area contributed by atoms with E-state index in [9.17, 15) is 0 Å². The first-order chi connectivity index (χ1) is 5.41. The molecule has 0 spiro atoms. The topological polar surface area (TPSA) is 12.4 Å². The predicted molar refractivity (Wildman–Crippen MR) is 51.4 cm³/mol. The second-order valence-electron chi connectivity index (χ2n) is 2.74. The van der Waals surface area contributed by atoms with Crippen molar-refractivity contribution in [1.29, 1.82) is 0 Å². The van der Waals surface area contributed by atoms with Crippen LogP contribution in [-0.4, -0.2) is 26.8 Å². The van der Waals surface area contributed by atoms with Crippen LogP contribution in [-0.2, 0) is 0 Å². The number of hydrogen-bond donors (Lipinski definition) is 0. The van der Waals surface area contributed by atoms with Crippen molar-refractivity contribution < 1.29 is 0 Å². The van der Waals surface area contributed by atoms with Gasteiger partial charge in [0.15, 0.2) is 0 Å². The van der Waals surface area contributed by atoms with Crippen LogP contribution in [0.5, 0.6) is 0 Å². The molecular weight excluding hydrogens is 201 g/mol. The number of unbranched alkanes of at least 4 members (excludes halogenated alkanes) is 5. The van der Waals surface area contributed by atoms with Crippen molar-refractivity contribution >= 4 is 20.3 Å². The first-order valence-corrected chi connectivity index (χ1v) is 5.31. The van der Waals surface area contributed by atoms with Crippen LogP contribution in [0.15, 0.2) is 4.99 Å². The minimum absolute atomic E-state index is 0.944. The van der Waals surface area contributed by atoms with Crippen molar-refractivity contribution in [2.45, 2.75) is 45.4 Å². The average Bonchev–Trinajstić information content (AvgIpc) is 2.03. The van der Waals surface area contributed by atoms with Gasteiger partial charge in [0.2, 0.25) is 0 Å². The summed E-state index contributed by atoms with van der Waals surface area (Å²) in [5, 5.41) is 0. The van der Waals surface area contributed by atoms with E-state index in [1.807, 2.05) is 0 Å². The third kappa shape index (κ3) is 10.1. The van der Waals surface area contributed by atoms with E-state index in [4.69, 9.17) is 0 Å². The maximum absolute atomic E-state index is 3.98. The molecule has 0 aliphatic rings. The third-order valence-corrected chi connectivity index (χ3v) is 1.96. The fourth-order valence-electron chi connectivity index (χ4n) is 1.02. The molecule has 0 bridgehead atoms. The normalized spacial score (nSPS) is 9.18. The summed E-state index contributed by atoms with van der Waals surface area (Å²) >= 11 is 2.64. The van der Waals surface area contributed by atoms with Gasteiger partial charge < -0.3 is 0 Å². The van der Waals surface area contributed by atoms with Gasteiger partial charge in [-0.25, -0.2) is 0 Å². The van der Waals surface area contributed by atoms with Gasteiger partial charge in [-0.2, -0.15) is 0 Å². The molecule has 0 aromatic rings. The van der Waals surface area contributed by atoms with Crippen molar-refractivity contribution in [3.63, 3.8) is 0 Å². The van der Waals surface area contributed by atoms with Crippen LogP contribution in [0.1, 0.15) is 45.4 Å². The Morgan fingerprint density at radius 3 is 2.36 bits per heavy atom. The van der Waals surface area contributed by atoms with E-state index in [1.165, 1.54) is 38.5 Å². The van der Waals surface area contributed by atoms with Gasteiger partial charge in [0.05, 0.1) is 0 Å². The van der Waals surface area contributed by atoms with E-state index in [0.717, 1.165) is 6.54 Å². The SMILES string of the molecule is CCCCCCCCN=C=[Se]. The van der Waals surface area contributed by atoms with E-state index >= 15 is 0 Å². The van der Waals surface area contributed by atoms with Gasteiger partial charge in [-0.15, -0.1) is 0 Å². The molecule has 1 nitrogen and oxygen atoms in total. The summed E-state index contributed by atoms with van der Waals surface area (Å²) in [6.07, 6.45) is 8.02. The van der Waals surface area contributed by atoms with Crippen LogP contribution in [0.4, 0.5) is 0 Å². The second-order valence-corrected chi connectivity index (χ2v) is 3.12. The average molecular weight is 218 g/mol. The first-order valence-electron chi connectivity index (χ1n) is 4.45. The molecule has 0 radical (unpaired) electrons. The molecule has 0 rings (SSSR count). The van der Waals surface area contributed by atoms with Crippen molar-refractivity contribution in [3.8, 4) is 0 Å². The molecule has 0 aliphatic carbocycles. The minimum atomic E-state index is 0.944. The summed E-state index contributed by atoms with van der Waals surface area (Å²) in [5.41, 5.74) is 0. The molecule has 0 atom stereocenters. The molecule has 0 saturated carbocycles. The van der Waals surface area contributed by atoms with Gasteiger partial charge in [0.1, 0.15) is 0 Å². The maximum atomic E-state index is 3.98. The zero-order chi connectivity index (χ0) is 8.36. The van der Waals surface area contributed by atoms with Gasteiger partial charge >= 0.3 is 77.3 Å². The standard InChI is InChI=1S/C9H17NSe/c1-2-3-4-5-6-7-8-10-9-11/h2-8H2,1H3. The van der Waals surface area contributed by atoms with E-state index in [1.54, 1.807) is 0 Å². The van der Waals surface area contributed by atoms with Crippen molar-refractivity contribution in [3.05, 3.63) is 0 Å². The molecule has 0 amide bonds. The molecular formula is C9H17NSe. The van der Waals surface area contributed by atoms with Crippen molar-refractivity contribution in [2.24, 2.45) is 4.99 Å². The van der Waals surface area contributed by atoms with Gasteiger partial charge in [0, 0.05) is 0 Å². The van der Waals surface area contributed by atoms with E-state index in [0.29, 0.717) is 0 Å². The zero-order valence-corrected chi connectivity index (χ0v) is 9.02. The summed E-state index contributed by atoms with van der Waals surface area (Å²) in [6.45, 7) is 3.19. The third-order valence-electron chi connectivity index (χ3n) is 1.69. The Morgan fingerprint density at radius 2 is 1.73 bits per heavy atom. The van der Waals surface area contributed by atoms with Crippen molar-refractivity contribution in [1.82, 2.24) is 0 Å². The van der Waals surface area contributed by atoms with Gasteiger partial charge in [-0.3, -0.25) is 0 Å². The summed E-state index contributed by atoms with van der Waals surface area (Å²) in [4.78, 5) is 3.98. The van der Waals surface area contributed by atoms with Gasteiger partial charge in [-0.05, 0) is 0 Å².